The van der Waals surface area contributed by atoms with Gasteiger partial charge in [0.15, 0.2) is 17.1 Å². The monoisotopic (exact) mass is 725 g/mol. The van der Waals surface area contributed by atoms with Crippen LogP contribution >= 0.6 is 0 Å². The van der Waals surface area contributed by atoms with E-state index in [0.29, 0.717) is 30.8 Å². The smallest absolute Gasteiger partial charge is 0.326 e. The zero-order valence-corrected chi connectivity index (χ0v) is 28.1. The summed E-state index contributed by atoms with van der Waals surface area (Å²) in [4.78, 5) is 93.0. The largest absolute Gasteiger partial charge is 0.480 e. The summed E-state index contributed by atoms with van der Waals surface area (Å²) < 4.78 is 0. The van der Waals surface area contributed by atoms with E-state index in [0.717, 1.165) is 0 Å². The number of amides is 3. The maximum atomic E-state index is 13.0. The van der Waals surface area contributed by atoms with Crippen LogP contribution in [0, 0.1) is 0 Å². The number of hydrogen-bond acceptors (Lipinski definition) is 13. The number of hydrogen-bond donors (Lipinski definition) is 11. The highest BCUT2D eigenvalue weighted by molar-refractivity contribution is 5.97. The van der Waals surface area contributed by atoms with Crippen LogP contribution in [0.1, 0.15) is 61.0 Å². The van der Waals surface area contributed by atoms with Crippen molar-refractivity contribution >= 4 is 58.4 Å². The van der Waals surface area contributed by atoms with Crippen LogP contribution in [-0.4, -0.2) is 97.0 Å². The lowest BCUT2D eigenvalue weighted by molar-refractivity contribution is -0.142. The Morgan fingerprint density at radius 2 is 1.54 bits per heavy atom. The Labute approximate surface area is 296 Å². The van der Waals surface area contributed by atoms with E-state index in [1.807, 2.05) is 0 Å². The molecule has 3 amide bonds. The van der Waals surface area contributed by atoms with Gasteiger partial charge in [0, 0.05) is 24.2 Å². The molecule has 0 aliphatic rings. The number of nitrogens with zero attached hydrogens (tertiary/aromatic N) is 4. The Hall–Kier alpha value is -6.38. The Bertz CT molecular complexity index is 1810. The molecule has 21 heteroatoms. The molecule has 0 saturated carbocycles. The van der Waals surface area contributed by atoms with Gasteiger partial charge < -0.3 is 54.4 Å². The molecule has 1 aromatic carbocycles. The van der Waals surface area contributed by atoms with Gasteiger partial charge in [-0.1, -0.05) is 0 Å². The molecular weight excluding hydrogens is 682 g/mol. The molecule has 0 aliphatic heterocycles. The van der Waals surface area contributed by atoms with Crippen molar-refractivity contribution in [2.24, 2.45) is 22.2 Å². The zero-order chi connectivity index (χ0) is 38.2. The number of aromatic amines is 1. The van der Waals surface area contributed by atoms with Crippen molar-refractivity contribution < 1.29 is 34.2 Å². The topological polar surface area (TPSA) is 362 Å². The van der Waals surface area contributed by atoms with E-state index in [1.54, 1.807) is 12.1 Å². The number of unbranched alkanes of at least 4 members (excludes halogenated alkanes) is 1. The van der Waals surface area contributed by atoms with Gasteiger partial charge in [-0.15, -0.1) is 0 Å². The Balaban J connectivity index is 1.57. The standard InChI is InChI=1S/C31H43N13O8/c32-12-2-1-4-20(28(49)50)42-26(47)19(5-3-13-36-30(33)34)40-22(45)11-10-21(29(51)52)41-25(46)16-6-8-17(9-7-16)37-14-18-15-38-24-23(39-18)27(48)44-31(35)43-24/h6-9,15,19-21,37H,1-5,10-14,32H2,(H,40,45)(H,41,46)(H,42,47)(H,49,50)(H,51,52)(H4,33,34,36)(H3,35,38,43,44,48)/t19-,20-,21-/m0/s1. The summed E-state index contributed by atoms with van der Waals surface area (Å²) in [6.45, 7) is 0.673. The first-order valence-electron chi connectivity index (χ1n) is 16.2. The second-order valence-corrected chi connectivity index (χ2v) is 11.6. The van der Waals surface area contributed by atoms with Crippen LogP contribution in [0.5, 0.6) is 0 Å². The van der Waals surface area contributed by atoms with Crippen molar-refractivity contribution in [3.05, 3.63) is 52.1 Å². The van der Waals surface area contributed by atoms with Crippen molar-refractivity contribution in [2.45, 2.75) is 69.6 Å². The van der Waals surface area contributed by atoms with E-state index >= 15 is 0 Å². The number of nitrogen functional groups attached to an aromatic ring is 1. The number of rotatable bonds is 21. The molecule has 21 nitrogen and oxygen atoms in total. The van der Waals surface area contributed by atoms with Crippen molar-refractivity contribution in [1.29, 1.82) is 0 Å². The number of benzene rings is 1. The SMILES string of the molecule is NCCCC[C@H](NC(=O)[C@H](CCCN=C(N)N)NC(=O)CC[C@H](NC(=O)c1ccc(NCc2cnc3nc(N)[nH]c(=O)c3n2)cc1)C(=O)O)C(=O)O. The van der Waals surface area contributed by atoms with E-state index in [4.69, 9.17) is 22.9 Å². The first-order valence-corrected chi connectivity index (χ1v) is 16.2. The summed E-state index contributed by atoms with van der Waals surface area (Å²) in [5, 5.41) is 29.7. The first kappa shape index (κ1) is 40.1. The zero-order valence-electron chi connectivity index (χ0n) is 28.1. The van der Waals surface area contributed by atoms with Crippen LogP contribution in [-0.2, 0) is 25.7 Å². The minimum Gasteiger partial charge on any atom is -0.480 e. The molecule has 0 bridgehead atoms. The number of anilines is 2. The lowest BCUT2D eigenvalue weighted by Crippen LogP contribution is -2.52. The number of guanidine groups is 1. The quantitative estimate of drug-likeness (QED) is 0.0325. The molecule has 0 aliphatic carbocycles. The summed E-state index contributed by atoms with van der Waals surface area (Å²) in [5.74, 6) is -5.04. The highest BCUT2D eigenvalue weighted by Crippen LogP contribution is 2.13. The molecule has 52 heavy (non-hydrogen) atoms. The highest BCUT2D eigenvalue weighted by Gasteiger charge is 2.27. The maximum Gasteiger partial charge on any atom is 0.326 e. The lowest BCUT2D eigenvalue weighted by atomic mass is 10.1. The fourth-order valence-corrected chi connectivity index (χ4v) is 4.82. The van der Waals surface area contributed by atoms with Gasteiger partial charge in [0.25, 0.3) is 11.5 Å². The lowest BCUT2D eigenvalue weighted by Gasteiger charge is -2.22. The number of H-pyrrole nitrogens is 1. The number of carbonyl (C=O) groups is 5. The van der Waals surface area contributed by atoms with E-state index in [9.17, 15) is 39.0 Å². The Morgan fingerprint density at radius 3 is 2.19 bits per heavy atom. The van der Waals surface area contributed by atoms with Gasteiger partial charge in [0.1, 0.15) is 18.1 Å². The predicted molar refractivity (Wildman–Crippen MR) is 189 cm³/mol. The third-order valence-corrected chi connectivity index (χ3v) is 7.53. The molecule has 280 valence electrons. The second kappa shape index (κ2) is 19.7. The normalized spacial score (nSPS) is 12.6. The van der Waals surface area contributed by atoms with E-state index < -0.39 is 53.3 Å². The summed E-state index contributed by atoms with van der Waals surface area (Å²) in [5.41, 5.74) is 22.4. The third-order valence-electron chi connectivity index (χ3n) is 7.53. The number of fused-ring (bicyclic) bond motifs is 1. The van der Waals surface area contributed by atoms with Gasteiger partial charge >= 0.3 is 11.9 Å². The second-order valence-electron chi connectivity index (χ2n) is 11.6. The number of carboxylic acid groups (broad SMARTS) is 2. The average Bonchev–Trinajstić information content (AvgIpc) is 3.09. The Kier molecular flexibility index (Phi) is 15.2. The summed E-state index contributed by atoms with van der Waals surface area (Å²) >= 11 is 0. The van der Waals surface area contributed by atoms with Gasteiger partial charge in [0.05, 0.1) is 18.4 Å². The number of aliphatic carboxylic acids is 2. The molecule has 0 fully saturated rings. The van der Waals surface area contributed by atoms with E-state index in [1.165, 1.54) is 18.3 Å². The summed E-state index contributed by atoms with van der Waals surface area (Å²) in [7, 11) is 0. The van der Waals surface area contributed by atoms with Crippen LogP contribution in [0.15, 0.2) is 40.2 Å². The molecule has 3 rings (SSSR count). The molecule has 0 unspecified atom stereocenters. The van der Waals surface area contributed by atoms with Gasteiger partial charge in [-0.05, 0) is 69.3 Å². The molecule has 15 N–H and O–H groups in total. The van der Waals surface area contributed by atoms with Gasteiger partial charge in [-0.2, -0.15) is 4.98 Å². The number of aromatic nitrogens is 4. The number of carboxylic acids is 2. The molecule has 3 atom stereocenters. The molecule has 2 heterocycles. The maximum absolute atomic E-state index is 13.0. The van der Waals surface area contributed by atoms with Crippen LogP contribution in [0.2, 0.25) is 0 Å². The molecule has 0 saturated heterocycles. The highest BCUT2D eigenvalue weighted by atomic mass is 16.4. The fraction of sp³-hybridized carbons (Fsp3) is 0.419. The van der Waals surface area contributed by atoms with Crippen LogP contribution < -0.4 is 49.8 Å². The summed E-state index contributed by atoms with van der Waals surface area (Å²) in [6, 6.07) is 2.23. The molecule has 2 aromatic heterocycles. The van der Waals surface area contributed by atoms with Crippen LogP contribution in [0.4, 0.5) is 11.6 Å². The van der Waals surface area contributed by atoms with E-state index in [-0.39, 0.29) is 73.8 Å². The number of carbonyl (C=O) groups excluding carboxylic acids is 3. The van der Waals surface area contributed by atoms with Crippen molar-refractivity contribution in [3.63, 3.8) is 0 Å². The number of nitrogens with one attached hydrogen (secondary N) is 5. The molecule has 3 aromatic rings. The molecule has 0 radical (unpaired) electrons. The average molecular weight is 726 g/mol. The van der Waals surface area contributed by atoms with Crippen LogP contribution in [0.25, 0.3) is 11.2 Å². The summed E-state index contributed by atoms with van der Waals surface area (Å²) in [6.07, 6.45) is 2.19. The Morgan fingerprint density at radius 1 is 0.865 bits per heavy atom. The fourth-order valence-electron chi connectivity index (χ4n) is 4.82. The van der Waals surface area contributed by atoms with Gasteiger partial charge in [-0.25, -0.2) is 19.6 Å². The van der Waals surface area contributed by atoms with Crippen LogP contribution in [0.3, 0.4) is 0 Å². The molecule has 0 spiro atoms. The van der Waals surface area contributed by atoms with E-state index in [2.05, 4.69) is 46.2 Å². The first-order chi connectivity index (χ1) is 24.8. The third kappa shape index (κ3) is 12.8. The minimum absolute atomic E-state index is 0.0226. The number of nitrogens with two attached hydrogens (primary N) is 4. The van der Waals surface area contributed by atoms with Crippen molar-refractivity contribution in [3.8, 4) is 0 Å². The van der Waals surface area contributed by atoms with Crippen molar-refractivity contribution in [1.82, 2.24) is 35.9 Å². The van der Waals surface area contributed by atoms with Gasteiger partial charge in [0.2, 0.25) is 17.8 Å². The minimum atomic E-state index is -1.46. The van der Waals surface area contributed by atoms with Gasteiger partial charge in [-0.3, -0.25) is 29.2 Å². The predicted octanol–water partition coefficient (Wildman–Crippen LogP) is -1.89. The number of aliphatic imine (C=N–C) groups is 1. The molecular formula is C31H43N13O8. The van der Waals surface area contributed by atoms with Crippen molar-refractivity contribution in [2.75, 3.05) is 24.1 Å².